The Hall–Kier alpha value is -2.56. The van der Waals surface area contributed by atoms with Crippen molar-refractivity contribution in [3.8, 4) is 0 Å². The predicted octanol–water partition coefficient (Wildman–Crippen LogP) is 3.91. The summed E-state index contributed by atoms with van der Waals surface area (Å²) in [5.41, 5.74) is 1.13. The summed E-state index contributed by atoms with van der Waals surface area (Å²) in [6.45, 7) is 3.97. The number of benzene rings is 1. The van der Waals surface area contributed by atoms with E-state index in [1.807, 2.05) is 19.9 Å². The van der Waals surface area contributed by atoms with Crippen LogP contribution in [-0.4, -0.2) is 11.8 Å². The summed E-state index contributed by atoms with van der Waals surface area (Å²) in [5.74, 6) is -0.200. The Balaban J connectivity index is 2.13. The molecule has 2 amide bonds. The molecular weight excluding hydrogens is 280 g/mol. The average molecular weight is 300 g/mol. The van der Waals surface area contributed by atoms with Gasteiger partial charge in [0.15, 0.2) is 5.76 Å². The number of anilines is 2. The molecule has 0 aliphatic carbocycles. The number of rotatable bonds is 6. The lowest BCUT2D eigenvalue weighted by molar-refractivity contribution is -0.120. The van der Waals surface area contributed by atoms with Crippen LogP contribution in [0.2, 0.25) is 0 Å². The minimum absolute atomic E-state index is 0.0335. The Kier molecular flexibility index (Phi) is 5.36. The van der Waals surface area contributed by atoms with Crippen LogP contribution in [0.1, 0.15) is 37.2 Å². The van der Waals surface area contributed by atoms with E-state index in [9.17, 15) is 9.59 Å². The van der Waals surface area contributed by atoms with E-state index in [1.54, 1.807) is 30.3 Å². The molecule has 5 nitrogen and oxygen atoms in total. The van der Waals surface area contributed by atoms with Crippen molar-refractivity contribution in [2.45, 2.75) is 26.7 Å². The largest absolute Gasteiger partial charge is 0.459 e. The van der Waals surface area contributed by atoms with Gasteiger partial charge in [-0.1, -0.05) is 26.0 Å². The molecule has 0 saturated heterocycles. The molecule has 0 radical (unpaired) electrons. The smallest absolute Gasteiger partial charge is 0.291 e. The molecule has 116 valence electrons. The summed E-state index contributed by atoms with van der Waals surface area (Å²) < 4.78 is 5.06. The van der Waals surface area contributed by atoms with Crippen LogP contribution in [0.4, 0.5) is 11.4 Å². The van der Waals surface area contributed by atoms with Crippen LogP contribution in [0.25, 0.3) is 0 Å². The van der Waals surface area contributed by atoms with Crippen LogP contribution in [0.3, 0.4) is 0 Å². The van der Waals surface area contributed by atoms with E-state index in [2.05, 4.69) is 10.6 Å². The number of nitrogens with one attached hydrogen (secondary N) is 2. The minimum Gasteiger partial charge on any atom is -0.459 e. The number of carbonyl (C=O) groups is 2. The standard InChI is InChI=1S/C17H20N2O3/c1-3-12(4-2)16(20)18-13-8-5-6-9-14(13)19-17(21)15-10-7-11-22-15/h5-12H,3-4H2,1-2H3,(H,18,20)(H,19,21). The zero-order valence-electron chi connectivity index (χ0n) is 12.8. The molecule has 2 aromatic rings. The van der Waals surface area contributed by atoms with Gasteiger partial charge >= 0.3 is 0 Å². The van der Waals surface area contributed by atoms with Crippen LogP contribution >= 0.6 is 0 Å². The Morgan fingerprint density at radius 3 is 2.18 bits per heavy atom. The zero-order valence-corrected chi connectivity index (χ0v) is 12.8. The summed E-state index contributed by atoms with van der Waals surface area (Å²) >= 11 is 0. The van der Waals surface area contributed by atoms with Gasteiger partial charge in [0.05, 0.1) is 17.6 Å². The first-order valence-electron chi connectivity index (χ1n) is 7.40. The lowest BCUT2D eigenvalue weighted by Crippen LogP contribution is -2.23. The first-order chi connectivity index (χ1) is 10.7. The molecule has 0 spiro atoms. The van der Waals surface area contributed by atoms with Gasteiger partial charge in [0.25, 0.3) is 5.91 Å². The molecule has 0 aliphatic rings. The number of para-hydroxylation sites is 2. The second kappa shape index (κ2) is 7.45. The normalized spacial score (nSPS) is 10.5. The van der Waals surface area contributed by atoms with Gasteiger partial charge in [-0.15, -0.1) is 0 Å². The molecule has 2 rings (SSSR count). The molecule has 0 atom stereocenters. The van der Waals surface area contributed by atoms with Gasteiger partial charge in [0.2, 0.25) is 5.91 Å². The highest BCUT2D eigenvalue weighted by Crippen LogP contribution is 2.23. The Morgan fingerprint density at radius 2 is 1.64 bits per heavy atom. The van der Waals surface area contributed by atoms with Gasteiger partial charge in [0.1, 0.15) is 0 Å². The highest BCUT2D eigenvalue weighted by molar-refractivity contribution is 6.05. The summed E-state index contributed by atoms with van der Waals surface area (Å²) in [7, 11) is 0. The Bertz CT molecular complexity index is 631. The molecule has 0 saturated carbocycles. The van der Waals surface area contributed by atoms with Crippen molar-refractivity contribution in [3.05, 3.63) is 48.4 Å². The topological polar surface area (TPSA) is 71.3 Å². The van der Waals surface area contributed by atoms with Gasteiger partial charge in [-0.2, -0.15) is 0 Å². The summed E-state index contributed by atoms with van der Waals surface area (Å²) in [4.78, 5) is 24.2. The van der Waals surface area contributed by atoms with Crippen LogP contribution in [0.5, 0.6) is 0 Å². The lowest BCUT2D eigenvalue weighted by atomic mass is 10.0. The monoisotopic (exact) mass is 300 g/mol. The highest BCUT2D eigenvalue weighted by Gasteiger charge is 2.17. The van der Waals surface area contributed by atoms with Crippen LogP contribution in [-0.2, 0) is 4.79 Å². The maximum absolute atomic E-state index is 12.2. The molecule has 1 heterocycles. The number of carbonyl (C=O) groups excluding carboxylic acids is 2. The maximum Gasteiger partial charge on any atom is 0.291 e. The van der Waals surface area contributed by atoms with Crippen molar-refractivity contribution >= 4 is 23.2 Å². The second-order valence-corrected chi connectivity index (χ2v) is 4.98. The fraction of sp³-hybridized carbons (Fsp3) is 0.294. The van der Waals surface area contributed by atoms with Gasteiger partial charge in [0, 0.05) is 5.92 Å². The van der Waals surface area contributed by atoms with E-state index < -0.39 is 0 Å². The molecule has 0 aliphatic heterocycles. The third-order valence-corrected chi connectivity index (χ3v) is 3.53. The lowest BCUT2D eigenvalue weighted by Gasteiger charge is -2.15. The van der Waals surface area contributed by atoms with Crippen molar-refractivity contribution < 1.29 is 14.0 Å². The van der Waals surface area contributed by atoms with Crippen molar-refractivity contribution in [3.63, 3.8) is 0 Å². The van der Waals surface area contributed by atoms with Crippen molar-refractivity contribution in [1.29, 1.82) is 0 Å². The third kappa shape index (κ3) is 3.75. The molecule has 2 N–H and O–H groups in total. The molecule has 1 aromatic heterocycles. The van der Waals surface area contributed by atoms with E-state index >= 15 is 0 Å². The molecule has 0 unspecified atom stereocenters. The number of hydrogen-bond acceptors (Lipinski definition) is 3. The molecule has 22 heavy (non-hydrogen) atoms. The van der Waals surface area contributed by atoms with Crippen molar-refractivity contribution in [2.75, 3.05) is 10.6 Å². The zero-order chi connectivity index (χ0) is 15.9. The van der Waals surface area contributed by atoms with Crippen molar-refractivity contribution in [2.24, 2.45) is 5.92 Å². The van der Waals surface area contributed by atoms with E-state index in [-0.39, 0.29) is 23.5 Å². The number of furan rings is 1. The van der Waals surface area contributed by atoms with Gasteiger partial charge in [-0.05, 0) is 37.1 Å². The van der Waals surface area contributed by atoms with Crippen molar-refractivity contribution in [1.82, 2.24) is 0 Å². The predicted molar refractivity (Wildman–Crippen MR) is 85.8 cm³/mol. The Labute approximate surface area is 129 Å². The summed E-state index contributed by atoms with van der Waals surface area (Å²) in [6.07, 6.45) is 3.00. The summed E-state index contributed by atoms with van der Waals surface area (Å²) in [5, 5.41) is 5.62. The van der Waals surface area contributed by atoms with Crippen LogP contribution in [0, 0.1) is 5.92 Å². The minimum atomic E-state index is -0.353. The Morgan fingerprint density at radius 1 is 1.00 bits per heavy atom. The van der Waals surface area contributed by atoms with E-state index in [0.29, 0.717) is 11.4 Å². The molecular formula is C17H20N2O3. The third-order valence-electron chi connectivity index (χ3n) is 3.53. The maximum atomic E-state index is 12.2. The first-order valence-corrected chi connectivity index (χ1v) is 7.40. The number of amides is 2. The van der Waals surface area contributed by atoms with E-state index in [0.717, 1.165) is 12.8 Å². The first kappa shape index (κ1) is 15.8. The van der Waals surface area contributed by atoms with E-state index in [4.69, 9.17) is 4.42 Å². The molecule has 1 aromatic carbocycles. The van der Waals surface area contributed by atoms with Gasteiger partial charge in [-0.25, -0.2) is 0 Å². The quantitative estimate of drug-likeness (QED) is 0.849. The fourth-order valence-corrected chi connectivity index (χ4v) is 2.19. The van der Waals surface area contributed by atoms with Gasteiger partial charge < -0.3 is 15.1 Å². The van der Waals surface area contributed by atoms with Gasteiger partial charge in [-0.3, -0.25) is 9.59 Å². The SMILES string of the molecule is CCC(CC)C(=O)Nc1ccccc1NC(=O)c1ccco1. The van der Waals surface area contributed by atoms with E-state index in [1.165, 1.54) is 6.26 Å². The highest BCUT2D eigenvalue weighted by atomic mass is 16.3. The van der Waals surface area contributed by atoms with Crippen LogP contribution in [0.15, 0.2) is 47.1 Å². The molecule has 0 fully saturated rings. The fourth-order valence-electron chi connectivity index (χ4n) is 2.19. The van der Waals surface area contributed by atoms with Crippen LogP contribution < -0.4 is 10.6 Å². The summed E-state index contributed by atoms with van der Waals surface area (Å²) in [6, 6.07) is 10.3. The second-order valence-electron chi connectivity index (χ2n) is 4.98. The average Bonchev–Trinajstić information content (AvgIpc) is 3.05. The molecule has 5 heteroatoms. The molecule has 0 bridgehead atoms. The number of hydrogen-bond donors (Lipinski definition) is 2.